The van der Waals surface area contributed by atoms with Crippen LogP contribution in [-0.4, -0.2) is 33.1 Å². The van der Waals surface area contributed by atoms with E-state index in [4.69, 9.17) is 9.47 Å². The van der Waals surface area contributed by atoms with Gasteiger partial charge in [-0.05, 0) is 38.1 Å². The highest BCUT2D eigenvalue weighted by Gasteiger charge is 2.27. The molecule has 18 heavy (non-hydrogen) atoms. The van der Waals surface area contributed by atoms with Crippen LogP contribution in [0.2, 0.25) is 0 Å². The molecule has 0 atom stereocenters. The summed E-state index contributed by atoms with van der Waals surface area (Å²) in [7, 11) is 3.15. The summed E-state index contributed by atoms with van der Waals surface area (Å²) in [6, 6.07) is 5.44. The Labute approximate surface area is 107 Å². The monoisotopic (exact) mass is 249 g/mol. The van der Waals surface area contributed by atoms with Crippen LogP contribution in [0.4, 0.5) is 0 Å². The zero-order valence-electron chi connectivity index (χ0n) is 10.9. The van der Waals surface area contributed by atoms with Gasteiger partial charge in [0.05, 0.1) is 14.2 Å². The van der Waals surface area contributed by atoms with E-state index in [0.717, 1.165) is 25.9 Å². The molecule has 0 aromatic heterocycles. The van der Waals surface area contributed by atoms with Gasteiger partial charge in [0.1, 0.15) is 17.1 Å². The molecule has 0 amide bonds. The van der Waals surface area contributed by atoms with Crippen molar-refractivity contribution in [1.29, 1.82) is 0 Å². The molecule has 1 saturated heterocycles. The van der Waals surface area contributed by atoms with Crippen molar-refractivity contribution in [2.75, 3.05) is 27.3 Å². The second-order valence-electron chi connectivity index (χ2n) is 4.43. The van der Waals surface area contributed by atoms with E-state index in [1.807, 2.05) is 6.07 Å². The van der Waals surface area contributed by atoms with E-state index in [0.29, 0.717) is 17.1 Å². The first-order valence-electron chi connectivity index (χ1n) is 6.24. The van der Waals surface area contributed by atoms with Crippen molar-refractivity contribution in [2.24, 2.45) is 5.92 Å². The van der Waals surface area contributed by atoms with Gasteiger partial charge in [-0.3, -0.25) is 4.79 Å². The van der Waals surface area contributed by atoms with Crippen LogP contribution in [0.25, 0.3) is 0 Å². The number of hydrogen-bond donors (Lipinski definition) is 1. The molecule has 0 radical (unpaired) electrons. The first-order chi connectivity index (χ1) is 8.77. The van der Waals surface area contributed by atoms with Crippen molar-refractivity contribution >= 4 is 5.78 Å². The second kappa shape index (κ2) is 5.87. The lowest BCUT2D eigenvalue weighted by atomic mass is 9.89. The number of ketones is 1. The van der Waals surface area contributed by atoms with E-state index in [1.165, 1.54) is 0 Å². The number of ether oxygens (including phenoxy) is 2. The summed E-state index contributed by atoms with van der Waals surface area (Å²) in [6.45, 7) is 1.79. The fourth-order valence-electron chi connectivity index (χ4n) is 2.38. The van der Waals surface area contributed by atoms with Crippen molar-refractivity contribution < 1.29 is 14.3 Å². The fourth-order valence-corrected chi connectivity index (χ4v) is 2.38. The Kier molecular flexibility index (Phi) is 4.20. The second-order valence-corrected chi connectivity index (χ2v) is 4.43. The number of carbonyl (C=O) groups excluding carboxylic acids is 1. The molecule has 1 N–H and O–H groups in total. The van der Waals surface area contributed by atoms with E-state index in [-0.39, 0.29) is 11.7 Å². The summed E-state index contributed by atoms with van der Waals surface area (Å²) >= 11 is 0. The van der Waals surface area contributed by atoms with Gasteiger partial charge in [-0.25, -0.2) is 0 Å². The Morgan fingerprint density at radius 2 is 1.72 bits per heavy atom. The number of benzene rings is 1. The molecule has 1 heterocycles. The van der Waals surface area contributed by atoms with Crippen LogP contribution in [0.1, 0.15) is 23.2 Å². The van der Waals surface area contributed by atoms with Gasteiger partial charge in [-0.2, -0.15) is 0 Å². The molecule has 0 spiro atoms. The predicted octanol–water partition coefficient (Wildman–Crippen LogP) is 1.89. The first-order valence-corrected chi connectivity index (χ1v) is 6.24. The van der Waals surface area contributed by atoms with Gasteiger partial charge in [0.25, 0.3) is 0 Å². The van der Waals surface area contributed by atoms with Gasteiger partial charge in [0.2, 0.25) is 0 Å². The Morgan fingerprint density at radius 1 is 1.17 bits per heavy atom. The summed E-state index contributed by atoms with van der Waals surface area (Å²) in [5.41, 5.74) is 0.578. The maximum atomic E-state index is 12.6. The Morgan fingerprint density at radius 3 is 2.22 bits per heavy atom. The molecular weight excluding hydrogens is 230 g/mol. The van der Waals surface area contributed by atoms with Gasteiger partial charge in [-0.1, -0.05) is 6.07 Å². The molecule has 0 saturated carbocycles. The van der Waals surface area contributed by atoms with Crippen LogP contribution in [0, 0.1) is 5.92 Å². The molecule has 1 aliphatic heterocycles. The smallest absolute Gasteiger partial charge is 0.173 e. The lowest BCUT2D eigenvalue weighted by molar-refractivity contribution is 0.0888. The summed E-state index contributed by atoms with van der Waals surface area (Å²) in [5.74, 6) is 1.39. The first kappa shape index (κ1) is 12.9. The number of rotatable bonds is 4. The summed E-state index contributed by atoms with van der Waals surface area (Å²) in [4.78, 5) is 12.6. The van der Waals surface area contributed by atoms with E-state index in [9.17, 15) is 4.79 Å². The third-order valence-electron chi connectivity index (χ3n) is 3.38. The van der Waals surface area contributed by atoms with Gasteiger partial charge >= 0.3 is 0 Å². The van der Waals surface area contributed by atoms with Crippen LogP contribution >= 0.6 is 0 Å². The number of methoxy groups -OCH3 is 2. The zero-order chi connectivity index (χ0) is 13.0. The van der Waals surface area contributed by atoms with Crippen molar-refractivity contribution in [3.05, 3.63) is 23.8 Å². The Hall–Kier alpha value is -1.55. The van der Waals surface area contributed by atoms with Gasteiger partial charge in [0, 0.05) is 5.92 Å². The number of nitrogens with one attached hydrogen (secondary N) is 1. The molecule has 98 valence electrons. The quantitative estimate of drug-likeness (QED) is 0.828. The fraction of sp³-hybridized carbons (Fsp3) is 0.500. The van der Waals surface area contributed by atoms with Crippen molar-refractivity contribution in [3.63, 3.8) is 0 Å². The average molecular weight is 249 g/mol. The Bertz CT molecular complexity index is 403. The highest BCUT2D eigenvalue weighted by Crippen LogP contribution is 2.32. The lowest BCUT2D eigenvalue weighted by Gasteiger charge is -2.23. The normalized spacial score (nSPS) is 16.3. The summed E-state index contributed by atoms with van der Waals surface area (Å²) < 4.78 is 10.6. The molecule has 4 nitrogen and oxygen atoms in total. The Balaban J connectivity index is 2.32. The number of carbonyl (C=O) groups is 1. The van der Waals surface area contributed by atoms with Crippen LogP contribution in [-0.2, 0) is 0 Å². The van der Waals surface area contributed by atoms with Crippen LogP contribution in [0.15, 0.2) is 18.2 Å². The molecular formula is C14H19NO3. The number of piperidine rings is 1. The maximum Gasteiger partial charge on any atom is 0.173 e. The molecule has 0 bridgehead atoms. The van der Waals surface area contributed by atoms with Gasteiger partial charge in [-0.15, -0.1) is 0 Å². The molecule has 0 unspecified atom stereocenters. The van der Waals surface area contributed by atoms with E-state index >= 15 is 0 Å². The highest BCUT2D eigenvalue weighted by molar-refractivity contribution is 6.02. The van der Waals surface area contributed by atoms with E-state index in [1.54, 1.807) is 26.4 Å². The van der Waals surface area contributed by atoms with E-state index < -0.39 is 0 Å². The number of Topliss-reactive ketones (excluding diaryl/α,β-unsaturated/α-hetero) is 1. The molecule has 4 heteroatoms. The highest BCUT2D eigenvalue weighted by atomic mass is 16.5. The topological polar surface area (TPSA) is 47.6 Å². The third kappa shape index (κ3) is 2.48. The minimum atomic E-state index is 0.0662. The minimum absolute atomic E-state index is 0.0662. The van der Waals surface area contributed by atoms with Crippen molar-refractivity contribution in [1.82, 2.24) is 5.32 Å². The molecule has 1 fully saturated rings. The summed E-state index contributed by atoms with van der Waals surface area (Å²) in [6.07, 6.45) is 1.75. The summed E-state index contributed by atoms with van der Waals surface area (Å²) in [5, 5.41) is 3.26. The molecule has 1 aromatic rings. The zero-order valence-corrected chi connectivity index (χ0v) is 10.9. The third-order valence-corrected chi connectivity index (χ3v) is 3.38. The van der Waals surface area contributed by atoms with Crippen molar-refractivity contribution in [3.8, 4) is 11.5 Å². The van der Waals surface area contributed by atoms with Crippen LogP contribution in [0.3, 0.4) is 0 Å². The minimum Gasteiger partial charge on any atom is -0.496 e. The maximum absolute atomic E-state index is 12.6. The predicted molar refractivity (Wildman–Crippen MR) is 69.5 cm³/mol. The van der Waals surface area contributed by atoms with Crippen molar-refractivity contribution in [2.45, 2.75) is 12.8 Å². The largest absolute Gasteiger partial charge is 0.496 e. The SMILES string of the molecule is COc1cccc(OC)c1C(=O)C1CCNCC1. The van der Waals surface area contributed by atoms with Gasteiger partial charge in [0.15, 0.2) is 5.78 Å². The van der Waals surface area contributed by atoms with Gasteiger partial charge < -0.3 is 14.8 Å². The van der Waals surface area contributed by atoms with Crippen LogP contribution in [0.5, 0.6) is 11.5 Å². The molecule has 1 aliphatic rings. The molecule has 2 rings (SSSR count). The molecule has 0 aliphatic carbocycles. The molecule has 1 aromatic carbocycles. The number of hydrogen-bond acceptors (Lipinski definition) is 4. The standard InChI is InChI=1S/C14H19NO3/c1-17-11-4-3-5-12(18-2)13(11)14(16)10-6-8-15-9-7-10/h3-5,10,15H,6-9H2,1-2H3. The lowest BCUT2D eigenvalue weighted by Crippen LogP contribution is -2.32. The average Bonchev–Trinajstić information content (AvgIpc) is 2.46. The van der Waals surface area contributed by atoms with E-state index in [2.05, 4.69) is 5.32 Å². The van der Waals surface area contributed by atoms with Crippen LogP contribution < -0.4 is 14.8 Å².